The molecule has 0 rings (SSSR count). The monoisotopic (exact) mass is 156 g/mol. The number of nitrogens with one attached hydrogen (secondary N) is 2. The lowest BCUT2D eigenvalue weighted by Gasteiger charge is -2.11. The second-order valence-corrected chi connectivity index (χ2v) is 2.26. The van der Waals surface area contributed by atoms with Crippen molar-refractivity contribution in [3.8, 4) is 0 Å². The Balaban J connectivity index is 3.84. The van der Waals surface area contributed by atoms with Crippen LogP contribution in [0.2, 0.25) is 0 Å². The molecule has 0 heterocycles. The number of likely N-dealkylation sites (N-methyl/N-ethyl adjacent to an activating group) is 2. The van der Waals surface area contributed by atoms with Gasteiger partial charge in [-0.3, -0.25) is 4.79 Å². The number of hydrogen-bond donors (Lipinski definition) is 2. The van der Waals surface area contributed by atoms with Gasteiger partial charge in [-0.15, -0.1) is 0 Å². The van der Waals surface area contributed by atoms with Crippen molar-refractivity contribution < 1.29 is 4.79 Å². The summed E-state index contributed by atoms with van der Waals surface area (Å²) in [5.74, 6) is 0.0330. The molecule has 0 aliphatic rings. The van der Waals surface area contributed by atoms with E-state index in [1.54, 1.807) is 14.1 Å². The van der Waals surface area contributed by atoms with Crippen molar-refractivity contribution in [2.24, 2.45) is 0 Å². The van der Waals surface area contributed by atoms with Gasteiger partial charge >= 0.3 is 0 Å². The van der Waals surface area contributed by atoms with Gasteiger partial charge in [-0.25, -0.2) is 0 Å². The molecule has 1 atom stereocenters. The Labute approximate surface area is 67.9 Å². The van der Waals surface area contributed by atoms with E-state index in [-0.39, 0.29) is 11.9 Å². The molecule has 0 aromatic rings. The summed E-state index contributed by atoms with van der Waals surface area (Å²) in [6, 6.07) is -0.101. The normalized spacial score (nSPS) is 13.4. The second-order valence-electron chi connectivity index (χ2n) is 2.26. The minimum Gasteiger partial charge on any atom is -0.358 e. The highest BCUT2D eigenvalue weighted by Crippen LogP contribution is 1.92. The van der Waals surface area contributed by atoms with E-state index in [4.69, 9.17) is 0 Å². The third-order valence-corrected chi connectivity index (χ3v) is 1.52. The van der Waals surface area contributed by atoms with Gasteiger partial charge in [0.1, 0.15) is 0 Å². The summed E-state index contributed by atoms with van der Waals surface area (Å²) in [5, 5.41) is 5.51. The van der Waals surface area contributed by atoms with Gasteiger partial charge in [-0.1, -0.05) is 12.2 Å². The van der Waals surface area contributed by atoms with Crippen LogP contribution in [0.1, 0.15) is 13.3 Å². The SMILES string of the molecule is C/C=C/C[C@H](NC)C(=O)NC. The topological polar surface area (TPSA) is 41.1 Å². The van der Waals surface area contributed by atoms with Crippen LogP contribution in [0.15, 0.2) is 12.2 Å². The molecule has 0 saturated heterocycles. The fourth-order valence-corrected chi connectivity index (χ4v) is 0.802. The van der Waals surface area contributed by atoms with Gasteiger partial charge in [0.25, 0.3) is 0 Å². The summed E-state index contributed by atoms with van der Waals surface area (Å²) in [4.78, 5) is 11.0. The van der Waals surface area contributed by atoms with Gasteiger partial charge in [0.2, 0.25) is 5.91 Å². The third kappa shape index (κ3) is 3.78. The predicted octanol–water partition coefficient (Wildman–Crippen LogP) is 0.287. The Hall–Kier alpha value is -0.830. The van der Waals surface area contributed by atoms with E-state index >= 15 is 0 Å². The summed E-state index contributed by atoms with van der Waals surface area (Å²) in [6.45, 7) is 1.94. The maximum absolute atomic E-state index is 11.0. The van der Waals surface area contributed by atoms with Crippen molar-refractivity contribution in [1.82, 2.24) is 10.6 Å². The molecule has 11 heavy (non-hydrogen) atoms. The largest absolute Gasteiger partial charge is 0.358 e. The first-order chi connectivity index (χ1) is 5.26. The van der Waals surface area contributed by atoms with E-state index in [0.29, 0.717) is 0 Å². The molecule has 0 aliphatic heterocycles. The molecule has 3 nitrogen and oxygen atoms in total. The number of carbonyl (C=O) groups is 1. The molecule has 0 unspecified atom stereocenters. The standard InChI is InChI=1S/C8H16N2O/c1-4-5-6-7(9-2)8(11)10-3/h4-5,7,9H,6H2,1-3H3,(H,10,11)/b5-4+/t7-/m0/s1. The zero-order chi connectivity index (χ0) is 8.69. The van der Waals surface area contributed by atoms with Crippen LogP contribution < -0.4 is 10.6 Å². The maximum Gasteiger partial charge on any atom is 0.237 e. The van der Waals surface area contributed by atoms with Crippen LogP contribution in [0.25, 0.3) is 0 Å². The van der Waals surface area contributed by atoms with E-state index in [1.807, 2.05) is 19.1 Å². The first-order valence-electron chi connectivity index (χ1n) is 3.76. The van der Waals surface area contributed by atoms with Crippen LogP contribution in [-0.2, 0) is 4.79 Å². The minimum absolute atomic E-state index is 0.0330. The average Bonchev–Trinajstić information content (AvgIpc) is 2.05. The van der Waals surface area contributed by atoms with Crippen molar-refractivity contribution in [1.29, 1.82) is 0 Å². The molecule has 0 bridgehead atoms. The fourth-order valence-electron chi connectivity index (χ4n) is 0.802. The Morgan fingerprint density at radius 3 is 2.55 bits per heavy atom. The summed E-state index contributed by atoms with van der Waals surface area (Å²) >= 11 is 0. The lowest BCUT2D eigenvalue weighted by molar-refractivity contribution is -0.122. The van der Waals surface area contributed by atoms with Crippen LogP contribution >= 0.6 is 0 Å². The van der Waals surface area contributed by atoms with E-state index in [9.17, 15) is 4.79 Å². The average molecular weight is 156 g/mol. The van der Waals surface area contributed by atoms with Gasteiger partial charge in [0, 0.05) is 7.05 Å². The smallest absolute Gasteiger partial charge is 0.237 e. The highest BCUT2D eigenvalue weighted by molar-refractivity contribution is 5.81. The van der Waals surface area contributed by atoms with Crippen molar-refractivity contribution in [3.63, 3.8) is 0 Å². The molecule has 0 aromatic heterocycles. The van der Waals surface area contributed by atoms with Gasteiger partial charge in [-0.2, -0.15) is 0 Å². The molecule has 0 aliphatic carbocycles. The highest BCUT2D eigenvalue weighted by Gasteiger charge is 2.11. The Bertz CT molecular complexity index is 143. The molecular formula is C8H16N2O. The lowest BCUT2D eigenvalue weighted by atomic mass is 10.2. The van der Waals surface area contributed by atoms with Crippen LogP contribution in [0.4, 0.5) is 0 Å². The maximum atomic E-state index is 11.0. The number of rotatable bonds is 4. The number of allylic oxidation sites excluding steroid dienone is 1. The first kappa shape index (κ1) is 10.2. The van der Waals surface area contributed by atoms with Crippen LogP contribution in [-0.4, -0.2) is 26.0 Å². The predicted molar refractivity (Wildman–Crippen MR) is 46.3 cm³/mol. The molecule has 1 amide bonds. The zero-order valence-electron chi connectivity index (χ0n) is 7.35. The van der Waals surface area contributed by atoms with Crippen molar-refractivity contribution >= 4 is 5.91 Å². The summed E-state index contributed by atoms with van der Waals surface area (Å²) < 4.78 is 0. The molecule has 0 aromatic carbocycles. The summed E-state index contributed by atoms with van der Waals surface area (Å²) in [5.41, 5.74) is 0. The quantitative estimate of drug-likeness (QED) is 0.574. The fraction of sp³-hybridized carbons (Fsp3) is 0.625. The van der Waals surface area contributed by atoms with E-state index in [2.05, 4.69) is 10.6 Å². The molecule has 0 saturated carbocycles. The molecular weight excluding hydrogens is 140 g/mol. The summed E-state index contributed by atoms with van der Waals surface area (Å²) in [6.07, 6.45) is 4.65. The van der Waals surface area contributed by atoms with Crippen LogP contribution in [0.3, 0.4) is 0 Å². The van der Waals surface area contributed by atoms with Crippen LogP contribution in [0.5, 0.6) is 0 Å². The molecule has 0 spiro atoms. The second kappa shape index (κ2) is 5.92. The molecule has 0 radical (unpaired) electrons. The van der Waals surface area contributed by atoms with Crippen molar-refractivity contribution in [2.75, 3.05) is 14.1 Å². The molecule has 0 fully saturated rings. The van der Waals surface area contributed by atoms with Gasteiger partial charge in [-0.05, 0) is 20.4 Å². The van der Waals surface area contributed by atoms with Crippen molar-refractivity contribution in [3.05, 3.63) is 12.2 Å². The zero-order valence-corrected chi connectivity index (χ0v) is 7.35. The van der Waals surface area contributed by atoms with Crippen molar-refractivity contribution in [2.45, 2.75) is 19.4 Å². The minimum atomic E-state index is -0.101. The number of amides is 1. The highest BCUT2D eigenvalue weighted by atomic mass is 16.2. The van der Waals surface area contributed by atoms with E-state index in [0.717, 1.165) is 6.42 Å². The first-order valence-corrected chi connectivity index (χ1v) is 3.76. The van der Waals surface area contributed by atoms with Gasteiger partial charge in [0.05, 0.1) is 6.04 Å². The molecule has 3 heteroatoms. The van der Waals surface area contributed by atoms with Gasteiger partial charge < -0.3 is 10.6 Å². The Morgan fingerprint density at radius 2 is 2.18 bits per heavy atom. The Kier molecular flexibility index (Phi) is 5.47. The molecule has 64 valence electrons. The van der Waals surface area contributed by atoms with E-state index < -0.39 is 0 Å². The van der Waals surface area contributed by atoms with Crippen LogP contribution in [0, 0.1) is 0 Å². The summed E-state index contributed by atoms with van der Waals surface area (Å²) in [7, 11) is 3.42. The number of hydrogen-bond acceptors (Lipinski definition) is 2. The lowest BCUT2D eigenvalue weighted by Crippen LogP contribution is -2.40. The third-order valence-electron chi connectivity index (χ3n) is 1.52. The molecule has 2 N–H and O–H groups in total. The Morgan fingerprint density at radius 1 is 1.55 bits per heavy atom. The van der Waals surface area contributed by atoms with Gasteiger partial charge in [0.15, 0.2) is 0 Å². The van der Waals surface area contributed by atoms with E-state index in [1.165, 1.54) is 0 Å². The number of carbonyl (C=O) groups excluding carboxylic acids is 1.